The number of carbonyl (C=O) groups excluding carboxylic acids is 1. The molecule has 1 aromatic heterocycles. The Hall–Kier alpha value is -1.69. The summed E-state index contributed by atoms with van der Waals surface area (Å²) >= 11 is 0. The van der Waals surface area contributed by atoms with Crippen molar-refractivity contribution in [3.8, 4) is 0 Å². The number of aryl methyl sites for hydroxylation is 2. The molecule has 2 rings (SSSR count). The largest absolute Gasteiger partial charge is 0.390 e. The van der Waals surface area contributed by atoms with E-state index in [-0.39, 0.29) is 18.4 Å². The van der Waals surface area contributed by atoms with E-state index in [4.69, 9.17) is 0 Å². The SMILES string of the molecule is Cc1cc(C)n(CC(=O)N2CCC(C)(O)C(C)C2)c(=O)n1. The van der Waals surface area contributed by atoms with Crippen molar-refractivity contribution in [2.75, 3.05) is 13.1 Å². The van der Waals surface area contributed by atoms with Gasteiger partial charge in [-0.25, -0.2) is 4.79 Å². The lowest BCUT2D eigenvalue weighted by atomic mass is 9.84. The van der Waals surface area contributed by atoms with Crippen molar-refractivity contribution >= 4 is 5.91 Å². The predicted octanol–water partition coefficient (Wildman–Crippen LogP) is 0.480. The average molecular weight is 293 g/mol. The minimum absolute atomic E-state index is 0.00676. The van der Waals surface area contributed by atoms with Crippen molar-refractivity contribution in [1.82, 2.24) is 14.5 Å². The lowest BCUT2D eigenvalue weighted by Gasteiger charge is -2.41. The topological polar surface area (TPSA) is 75.4 Å². The maximum atomic E-state index is 12.4. The van der Waals surface area contributed by atoms with Crippen LogP contribution < -0.4 is 5.69 Å². The molecule has 116 valence electrons. The lowest BCUT2D eigenvalue weighted by molar-refractivity contribution is -0.138. The molecule has 2 unspecified atom stereocenters. The van der Waals surface area contributed by atoms with Crippen LogP contribution >= 0.6 is 0 Å². The molecular formula is C15H23N3O3. The van der Waals surface area contributed by atoms with Gasteiger partial charge in [-0.15, -0.1) is 0 Å². The van der Waals surface area contributed by atoms with E-state index < -0.39 is 11.3 Å². The first-order valence-electron chi connectivity index (χ1n) is 7.26. The van der Waals surface area contributed by atoms with Gasteiger partial charge in [0.1, 0.15) is 6.54 Å². The highest BCUT2D eigenvalue weighted by Crippen LogP contribution is 2.27. The predicted molar refractivity (Wildman–Crippen MR) is 79.0 cm³/mol. The summed E-state index contributed by atoms with van der Waals surface area (Å²) in [4.78, 5) is 29.8. The Morgan fingerprint density at radius 1 is 1.52 bits per heavy atom. The maximum Gasteiger partial charge on any atom is 0.348 e. The van der Waals surface area contributed by atoms with Gasteiger partial charge in [-0.2, -0.15) is 4.98 Å². The first kappa shape index (κ1) is 15.7. The summed E-state index contributed by atoms with van der Waals surface area (Å²) in [5.74, 6) is -0.0858. The van der Waals surface area contributed by atoms with E-state index in [0.717, 1.165) is 5.69 Å². The molecule has 0 aromatic carbocycles. The number of hydrogen-bond donors (Lipinski definition) is 1. The number of rotatable bonds is 2. The number of piperidine rings is 1. The quantitative estimate of drug-likeness (QED) is 0.860. The van der Waals surface area contributed by atoms with Crippen LogP contribution in [-0.2, 0) is 11.3 Å². The molecule has 6 nitrogen and oxygen atoms in total. The number of aliphatic hydroxyl groups is 1. The molecule has 0 radical (unpaired) electrons. The van der Waals surface area contributed by atoms with E-state index in [1.54, 1.807) is 31.7 Å². The van der Waals surface area contributed by atoms with Crippen molar-refractivity contribution in [3.05, 3.63) is 27.9 Å². The minimum Gasteiger partial charge on any atom is -0.390 e. The van der Waals surface area contributed by atoms with Crippen LogP contribution in [0.3, 0.4) is 0 Å². The maximum absolute atomic E-state index is 12.4. The molecule has 1 N–H and O–H groups in total. The van der Waals surface area contributed by atoms with E-state index in [1.807, 2.05) is 6.92 Å². The molecule has 1 aliphatic rings. The zero-order valence-electron chi connectivity index (χ0n) is 13.1. The molecule has 1 amide bonds. The summed E-state index contributed by atoms with van der Waals surface area (Å²) in [6.07, 6.45) is 0.555. The average Bonchev–Trinajstić information content (AvgIpc) is 2.36. The normalized spacial score (nSPS) is 26.0. The highest BCUT2D eigenvalue weighted by Gasteiger charge is 2.36. The fourth-order valence-corrected chi connectivity index (χ4v) is 2.65. The summed E-state index contributed by atoms with van der Waals surface area (Å²) in [6, 6.07) is 1.79. The Morgan fingerprint density at radius 3 is 2.76 bits per heavy atom. The van der Waals surface area contributed by atoms with Gasteiger partial charge in [-0.3, -0.25) is 9.36 Å². The third-order valence-corrected chi connectivity index (χ3v) is 4.44. The van der Waals surface area contributed by atoms with Crippen LogP contribution in [0.25, 0.3) is 0 Å². The Morgan fingerprint density at radius 2 is 2.19 bits per heavy atom. The molecule has 1 saturated heterocycles. The smallest absolute Gasteiger partial charge is 0.348 e. The number of nitrogens with zero attached hydrogens (tertiary/aromatic N) is 3. The number of hydrogen-bond acceptors (Lipinski definition) is 4. The monoisotopic (exact) mass is 293 g/mol. The van der Waals surface area contributed by atoms with Crippen LogP contribution in [-0.4, -0.2) is 44.2 Å². The summed E-state index contributed by atoms with van der Waals surface area (Å²) in [6.45, 7) is 8.33. The first-order chi connectivity index (χ1) is 9.70. The van der Waals surface area contributed by atoms with Crippen LogP contribution in [0.1, 0.15) is 31.7 Å². The van der Waals surface area contributed by atoms with E-state index in [2.05, 4.69) is 4.98 Å². The first-order valence-corrected chi connectivity index (χ1v) is 7.26. The van der Waals surface area contributed by atoms with Gasteiger partial charge < -0.3 is 10.0 Å². The fourth-order valence-electron chi connectivity index (χ4n) is 2.65. The van der Waals surface area contributed by atoms with Crippen LogP contribution in [0.5, 0.6) is 0 Å². The number of likely N-dealkylation sites (tertiary alicyclic amines) is 1. The van der Waals surface area contributed by atoms with Gasteiger partial charge in [0, 0.05) is 30.4 Å². The Kier molecular flexibility index (Phi) is 4.18. The molecule has 6 heteroatoms. The van der Waals surface area contributed by atoms with Gasteiger partial charge in [-0.05, 0) is 33.3 Å². The second-order valence-corrected chi connectivity index (χ2v) is 6.26. The van der Waals surface area contributed by atoms with Gasteiger partial charge >= 0.3 is 5.69 Å². The van der Waals surface area contributed by atoms with E-state index in [9.17, 15) is 14.7 Å². The molecule has 0 bridgehead atoms. The zero-order valence-corrected chi connectivity index (χ0v) is 13.1. The third kappa shape index (κ3) is 3.32. The summed E-state index contributed by atoms with van der Waals surface area (Å²) in [5, 5.41) is 10.1. The molecule has 21 heavy (non-hydrogen) atoms. The van der Waals surface area contributed by atoms with E-state index >= 15 is 0 Å². The van der Waals surface area contributed by atoms with Gasteiger partial charge in [0.05, 0.1) is 5.60 Å². The van der Waals surface area contributed by atoms with Crippen molar-refractivity contribution in [2.45, 2.75) is 46.3 Å². The molecule has 2 heterocycles. The highest BCUT2D eigenvalue weighted by molar-refractivity contribution is 5.76. The molecule has 1 fully saturated rings. The van der Waals surface area contributed by atoms with Crippen LogP contribution in [0.15, 0.2) is 10.9 Å². The number of amides is 1. The molecule has 1 aromatic rings. The van der Waals surface area contributed by atoms with Gasteiger partial charge in [0.2, 0.25) is 5.91 Å². The van der Waals surface area contributed by atoms with Crippen molar-refractivity contribution in [1.29, 1.82) is 0 Å². The standard InChI is InChI=1S/C15H23N3O3/c1-10-8-17(6-5-15(10,4)21)13(19)9-18-12(3)7-11(2)16-14(18)20/h7,10,21H,5-6,8-9H2,1-4H3. The van der Waals surface area contributed by atoms with Crippen LogP contribution in [0.2, 0.25) is 0 Å². The lowest BCUT2D eigenvalue weighted by Crippen LogP contribution is -2.52. The van der Waals surface area contributed by atoms with Crippen LogP contribution in [0.4, 0.5) is 0 Å². The Balaban J connectivity index is 2.11. The minimum atomic E-state index is -0.727. The van der Waals surface area contributed by atoms with Crippen molar-refractivity contribution < 1.29 is 9.90 Å². The molecule has 1 aliphatic heterocycles. The highest BCUT2D eigenvalue weighted by atomic mass is 16.3. The van der Waals surface area contributed by atoms with Crippen LogP contribution in [0, 0.1) is 19.8 Å². The van der Waals surface area contributed by atoms with Gasteiger partial charge in [0.15, 0.2) is 0 Å². The van der Waals surface area contributed by atoms with Crippen molar-refractivity contribution in [3.63, 3.8) is 0 Å². The zero-order chi connectivity index (χ0) is 15.8. The molecule has 0 aliphatic carbocycles. The Labute approximate surface area is 124 Å². The second-order valence-electron chi connectivity index (χ2n) is 6.26. The Bertz CT molecular complexity index is 607. The van der Waals surface area contributed by atoms with Crippen molar-refractivity contribution in [2.24, 2.45) is 5.92 Å². The fraction of sp³-hybridized carbons (Fsp3) is 0.667. The second kappa shape index (κ2) is 5.60. The molecule has 0 spiro atoms. The van der Waals surface area contributed by atoms with Gasteiger partial charge in [-0.1, -0.05) is 6.92 Å². The van der Waals surface area contributed by atoms with E-state index in [0.29, 0.717) is 25.2 Å². The number of aromatic nitrogens is 2. The van der Waals surface area contributed by atoms with Gasteiger partial charge in [0.25, 0.3) is 0 Å². The summed E-state index contributed by atoms with van der Waals surface area (Å²) in [7, 11) is 0. The molecule has 0 saturated carbocycles. The summed E-state index contributed by atoms with van der Waals surface area (Å²) in [5.41, 5.74) is 0.272. The van der Waals surface area contributed by atoms with E-state index in [1.165, 1.54) is 4.57 Å². The summed E-state index contributed by atoms with van der Waals surface area (Å²) < 4.78 is 1.40. The number of carbonyl (C=O) groups is 1. The molecule has 2 atom stereocenters. The third-order valence-electron chi connectivity index (χ3n) is 4.44. The molecular weight excluding hydrogens is 270 g/mol.